The molecule has 0 radical (unpaired) electrons. The van der Waals surface area contributed by atoms with Crippen LogP contribution in [0.4, 0.5) is 10.8 Å². The predicted octanol–water partition coefficient (Wildman–Crippen LogP) is 5.67. The lowest BCUT2D eigenvalue weighted by Crippen LogP contribution is -2.24. The van der Waals surface area contributed by atoms with Gasteiger partial charge in [-0.15, -0.1) is 16.4 Å². The number of aromatic nitrogens is 5. The molecule has 7 nitrogen and oxygen atoms in total. The molecule has 2 heterocycles. The number of amides is 1. The molecule has 164 valence electrons. The van der Waals surface area contributed by atoms with Crippen molar-refractivity contribution < 1.29 is 4.79 Å². The summed E-state index contributed by atoms with van der Waals surface area (Å²) >= 11 is 9.39. The smallest absolute Gasteiger partial charge is 0.230 e. The number of thiazole rings is 1. The number of carbonyl (C=O) groups is 1. The minimum atomic E-state index is -0.143. The van der Waals surface area contributed by atoms with E-state index in [1.54, 1.807) is 9.58 Å². The van der Waals surface area contributed by atoms with Gasteiger partial charge in [0, 0.05) is 18.1 Å². The van der Waals surface area contributed by atoms with Crippen molar-refractivity contribution >= 4 is 51.4 Å². The Morgan fingerprint density at radius 1 is 1.16 bits per heavy atom. The highest BCUT2D eigenvalue weighted by Crippen LogP contribution is 2.38. The Morgan fingerprint density at radius 3 is 2.59 bits per heavy atom. The average Bonchev–Trinajstić information content (AvgIpc) is 3.38. The van der Waals surface area contributed by atoms with E-state index >= 15 is 0 Å². The summed E-state index contributed by atoms with van der Waals surface area (Å²) in [5.41, 5.74) is 5.54. The molecule has 0 aliphatic carbocycles. The van der Waals surface area contributed by atoms with Crippen LogP contribution in [0.1, 0.15) is 29.3 Å². The summed E-state index contributed by atoms with van der Waals surface area (Å²) < 4.78 is 1.70. The van der Waals surface area contributed by atoms with Crippen LogP contribution in [0, 0.1) is 20.8 Å². The molecule has 4 rings (SSSR count). The number of nitrogens with zero attached hydrogens (tertiary/aromatic N) is 6. The number of rotatable bonds is 6. The molecule has 2 aromatic carbocycles. The second-order valence-corrected chi connectivity index (χ2v) is 9.57. The second-order valence-electron chi connectivity index (χ2n) is 7.39. The summed E-state index contributed by atoms with van der Waals surface area (Å²) in [5, 5.41) is 15.8. The molecular weight excluding hydrogens is 464 g/mol. The first-order chi connectivity index (χ1) is 15.3. The standard InChI is InChI=1S/C22H21ClN6OS2/c1-13-5-7-18(8-6-13)29-22(25-26-27-29)32-12-17-11-31-21(24-17)28(16(4)30)20-15(3)9-14(2)10-19(20)23/h5-11H,12H2,1-4H3. The monoisotopic (exact) mass is 484 g/mol. The number of benzene rings is 2. The number of anilines is 2. The number of halogens is 1. The maximum absolute atomic E-state index is 12.5. The van der Waals surface area contributed by atoms with Gasteiger partial charge in [-0.05, 0) is 60.5 Å². The van der Waals surface area contributed by atoms with Crippen LogP contribution in [0.3, 0.4) is 0 Å². The number of carbonyl (C=O) groups excluding carboxylic acids is 1. The number of aryl methyl sites for hydroxylation is 3. The zero-order valence-corrected chi connectivity index (χ0v) is 20.4. The van der Waals surface area contributed by atoms with E-state index < -0.39 is 0 Å². The molecule has 4 aromatic rings. The van der Waals surface area contributed by atoms with Crippen molar-refractivity contribution in [2.75, 3.05) is 4.90 Å². The maximum Gasteiger partial charge on any atom is 0.230 e. The van der Waals surface area contributed by atoms with Gasteiger partial charge in [-0.1, -0.05) is 47.1 Å². The van der Waals surface area contributed by atoms with Crippen molar-refractivity contribution in [2.24, 2.45) is 0 Å². The third kappa shape index (κ3) is 4.69. The van der Waals surface area contributed by atoms with Gasteiger partial charge in [-0.2, -0.15) is 4.68 Å². The van der Waals surface area contributed by atoms with Gasteiger partial charge in [0.15, 0.2) is 5.13 Å². The third-order valence-electron chi connectivity index (χ3n) is 4.74. The van der Waals surface area contributed by atoms with E-state index in [0.29, 0.717) is 26.8 Å². The maximum atomic E-state index is 12.5. The first-order valence-electron chi connectivity index (χ1n) is 9.83. The van der Waals surface area contributed by atoms with Crippen molar-refractivity contribution in [3.63, 3.8) is 0 Å². The van der Waals surface area contributed by atoms with Crippen molar-refractivity contribution in [3.8, 4) is 5.69 Å². The van der Waals surface area contributed by atoms with Crippen LogP contribution in [-0.2, 0) is 10.5 Å². The highest BCUT2D eigenvalue weighted by atomic mass is 35.5. The number of hydrogen-bond donors (Lipinski definition) is 0. The van der Waals surface area contributed by atoms with E-state index in [1.165, 1.54) is 35.6 Å². The Hall–Kier alpha value is -2.75. The predicted molar refractivity (Wildman–Crippen MR) is 129 cm³/mol. The summed E-state index contributed by atoms with van der Waals surface area (Å²) in [6.07, 6.45) is 0. The minimum Gasteiger partial charge on any atom is -0.274 e. The number of thioether (sulfide) groups is 1. The van der Waals surface area contributed by atoms with E-state index in [4.69, 9.17) is 16.6 Å². The summed E-state index contributed by atoms with van der Waals surface area (Å²) in [6, 6.07) is 11.9. The highest BCUT2D eigenvalue weighted by molar-refractivity contribution is 7.98. The van der Waals surface area contributed by atoms with E-state index in [0.717, 1.165) is 22.5 Å². The first-order valence-corrected chi connectivity index (χ1v) is 12.1. The summed E-state index contributed by atoms with van der Waals surface area (Å²) in [7, 11) is 0. The fourth-order valence-corrected chi connectivity index (χ4v) is 5.47. The quantitative estimate of drug-likeness (QED) is 0.328. The van der Waals surface area contributed by atoms with Crippen molar-refractivity contribution in [2.45, 2.75) is 38.6 Å². The molecule has 0 spiro atoms. The van der Waals surface area contributed by atoms with Gasteiger partial charge in [-0.3, -0.25) is 9.69 Å². The van der Waals surface area contributed by atoms with Crippen LogP contribution >= 0.6 is 34.7 Å². The van der Waals surface area contributed by atoms with Gasteiger partial charge < -0.3 is 0 Å². The van der Waals surface area contributed by atoms with E-state index in [-0.39, 0.29) is 5.91 Å². The molecule has 32 heavy (non-hydrogen) atoms. The lowest BCUT2D eigenvalue weighted by Gasteiger charge is -2.22. The van der Waals surface area contributed by atoms with Crippen molar-refractivity contribution in [3.05, 3.63) is 69.2 Å². The molecule has 1 amide bonds. The second kappa shape index (κ2) is 9.40. The molecule has 0 saturated carbocycles. The molecule has 2 aromatic heterocycles. The zero-order valence-electron chi connectivity index (χ0n) is 18.0. The van der Waals surface area contributed by atoms with Crippen LogP contribution in [0.15, 0.2) is 46.9 Å². The number of hydrogen-bond acceptors (Lipinski definition) is 7. The Bertz CT molecular complexity index is 1240. The first kappa shape index (κ1) is 22.4. The van der Waals surface area contributed by atoms with Gasteiger partial charge in [0.25, 0.3) is 0 Å². The Morgan fingerprint density at radius 2 is 1.91 bits per heavy atom. The fraction of sp³-hybridized carbons (Fsp3) is 0.227. The molecular formula is C22H21ClN6OS2. The van der Waals surface area contributed by atoms with Crippen molar-refractivity contribution in [1.82, 2.24) is 25.2 Å². The fourth-order valence-electron chi connectivity index (χ4n) is 3.30. The van der Waals surface area contributed by atoms with Gasteiger partial charge in [0.1, 0.15) is 0 Å². The molecule has 0 N–H and O–H groups in total. The van der Waals surface area contributed by atoms with E-state index in [2.05, 4.69) is 15.5 Å². The molecule has 0 bridgehead atoms. The minimum absolute atomic E-state index is 0.143. The third-order valence-corrected chi connectivity index (χ3v) is 6.85. The molecule has 0 fully saturated rings. The molecule has 10 heteroatoms. The van der Waals surface area contributed by atoms with Gasteiger partial charge >= 0.3 is 0 Å². The molecule has 0 aliphatic rings. The summed E-state index contributed by atoms with van der Waals surface area (Å²) in [5.74, 6) is 0.422. The average molecular weight is 485 g/mol. The van der Waals surface area contributed by atoms with Crippen LogP contribution in [0.2, 0.25) is 5.02 Å². The SMILES string of the molecule is CC(=O)N(c1nc(CSc2nnnn2-c2ccc(C)cc2)cs1)c1c(C)cc(C)cc1Cl. The Kier molecular flexibility index (Phi) is 6.59. The van der Waals surface area contributed by atoms with Gasteiger partial charge in [0.2, 0.25) is 11.1 Å². The van der Waals surface area contributed by atoms with E-state index in [1.807, 2.05) is 62.5 Å². The van der Waals surface area contributed by atoms with Crippen molar-refractivity contribution in [1.29, 1.82) is 0 Å². The topological polar surface area (TPSA) is 76.8 Å². The Labute approximate surface area is 199 Å². The largest absolute Gasteiger partial charge is 0.274 e. The lowest BCUT2D eigenvalue weighted by molar-refractivity contribution is -0.115. The normalized spacial score (nSPS) is 11.0. The van der Waals surface area contributed by atoms with Crippen LogP contribution in [-0.4, -0.2) is 31.1 Å². The van der Waals surface area contributed by atoms with Gasteiger partial charge in [-0.25, -0.2) is 4.98 Å². The molecule has 0 saturated heterocycles. The van der Waals surface area contributed by atoms with Gasteiger partial charge in [0.05, 0.1) is 22.1 Å². The molecule has 0 aliphatic heterocycles. The summed E-state index contributed by atoms with van der Waals surface area (Å²) in [4.78, 5) is 18.8. The van der Waals surface area contributed by atoms with E-state index in [9.17, 15) is 4.79 Å². The molecule has 0 atom stereocenters. The zero-order chi connectivity index (χ0) is 22.8. The number of tetrazole rings is 1. The summed E-state index contributed by atoms with van der Waals surface area (Å²) in [6.45, 7) is 7.47. The van der Waals surface area contributed by atoms with Crippen LogP contribution < -0.4 is 4.90 Å². The highest BCUT2D eigenvalue weighted by Gasteiger charge is 2.23. The van der Waals surface area contributed by atoms with Crippen LogP contribution in [0.25, 0.3) is 5.69 Å². The Balaban J connectivity index is 1.55. The molecule has 0 unspecified atom stereocenters. The van der Waals surface area contributed by atoms with Crippen LogP contribution in [0.5, 0.6) is 0 Å². The lowest BCUT2D eigenvalue weighted by atomic mass is 10.1.